The van der Waals surface area contributed by atoms with E-state index in [4.69, 9.17) is 5.73 Å². The quantitative estimate of drug-likeness (QED) is 0.896. The molecular weight excluding hydrogens is 298 g/mol. The molecule has 2 rings (SSSR count). The van der Waals surface area contributed by atoms with Crippen molar-refractivity contribution >= 4 is 18.3 Å². The van der Waals surface area contributed by atoms with E-state index in [1.54, 1.807) is 6.92 Å². The van der Waals surface area contributed by atoms with Gasteiger partial charge in [0.25, 0.3) is 0 Å². The van der Waals surface area contributed by atoms with Crippen molar-refractivity contribution in [2.75, 3.05) is 6.54 Å². The van der Waals surface area contributed by atoms with Gasteiger partial charge in [-0.1, -0.05) is 18.9 Å². The summed E-state index contributed by atoms with van der Waals surface area (Å²) in [6.07, 6.45) is 3.15. The molecule has 1 amide bonds. The molecule has 3 N–H and O–H groups in total. The molecule has 1 aromatic carbocycles. The zero-order chi connectivity index (χ0) is 14.8. The number of amides is 1. The van der Waals surface area contributed by atoms with Crippen LogP contribution in [0.3, 0.4) is 0 Å². The molecule has 6 heteroatoms. The van der Waals surface area contributed by atoms with Crippen molar-refractivity contribution in [3.63, 3.8) is 0 Å². The second-order valence-electron chi connectivity index (χ2n) is 5.59. The number of hydrogen-bond donors (Lipinski definition) is 2. The lowest BCUT2D eigenvalue weighted by Crippen LogP contribution is -2.45. The normalized spacial score (nSPS) is 17.9. The van der Waals surface area contributed by atoms with Gasteiger partial charge in [0.05, 0.1) is 6.04 Å². The number of carbonyl (C=O) groups is 1. The lowest BCUT2D eigenvalue weighted by atomic mass is 9.78. The summed E-state index contributed by atoms with van der Waals surface area (Å²) >= 11 is 0. The van der Waals surface area contributed by atoms with E-state index in [-0.39, 0.29) is 30.4 Å². The monoisotopic (exact) mass is 318 g/mol. The molecule has 118 valence electrons. The first-order valence-electron chi connectivity index (χ1n) is 6.94. The maximum Gasteiger partial charge on any atom is 0.236 e. The Kier molecular flexibility index (Phi) is 6.10. The first-order chi connectivity index (χ1) is 9.46. The van der Waals surface area contributed by atoms with Gasteiger partial charge in [-0.15, -0.1) is 12.4 Å². The van der Waals surface area contributed by atoms with Crippen molar-refractivity contribution in [1.82, 2.24) is 5.32 Å². The van der Waals surface area contributed by atoms with E-state index in [1.165, 1.54) is 18.2 Å². The maximum absolute atomic E-state index is 14.1. The first kappa shape index (κ1) is 17.9. The minimum Gasteiger partial charge on any atom is -0.354 e. The second kappa shape index (κ2) is 7.18. The summed E-state index contributed by atoms with van der Waals surface area (Å²) in [7, 11) is 0. The van der Waals surface area contributed by atoms with E-state index in [2.05, 4.69) is 5.32 Å². The number of carbonyl (C=O) groups excluding carboxylic acids is 1. The summed E-state index contributed by atoms with van der Waals surface area (Å²) in [4.78, 5) is 11.6. The molecule has 0 heterocycles. The first-order valence-corrected chi connectivity index (χ1v) is 6.94. The highest BCUT2D eigenvalue weighted by Crippen LogP contribution is 2.42. The van der Waals surface area contributed by atoms with Gasteiger partial charge in [0, 0.05) is 17.5 Å². The van der Waals surface area contributed by atoms with Crippen molar-refractivity contribution in [1.29, 1.82) is 0 Å². The molecule has 0 spiro atoms. The molecule has 1 aliphatic rings. The molecule has 1 atom stereocenters. The van der Waals surface area contributed by atoms with Gasteiger partial charge in [-0.25, -0.2) is 8.78 Å². The Hall–Kier alpha value is -1.20. The molecule has 1 saturated carbocycles. The summed E-state index contributed by atoms with van der Waals surface area (Å²) in [6, 6.07) is 3.27. The fourth-order valence-electron chi connectivity index (χ4n) is 2.99. The number of benzene rings is 1. The standard InChI is InChI=1S/C15H20F2N2O.ClH/c1-10(18)14(20)19-9-15(7-2-3-8-15)13-11(16)5-4-6-12(13)17;/h4-6,10H,2-3,7-9,18H2,1H3,(H,19,20);1H/t10-;/m1./s1. The van der Waals surface area contributed by atoms with Crippen LogP contribution in [0.5, 0.6) is 0 Å². The molecule has 0 unspecified atom stereocenters. The summed E-state index contributed by atoms with van der Waals surface area (Å²) in [5, 5.41) is 2.72. The summed E-state index contributed by atoms with van der Waals surface area (Å²) in [5.41, 5.74) is 4.95. The van der Waals surface area contributed by atoms with Gasteiger partial charge in [-0.3, -0.25) is 4.79 Å². The molecule has 0 radical (unpaired) electrons. The van der Waals surface area contributed by atoms with E-state index in [0.29, 0.717) is 12.8 Å². The van der Waals surface area contributed by atoms with Crippen LogP contribution in [0.1, 0.15) is 38.2 Å². The lowest BCUT2D eigenvalue weighted by Gasteiger charge is -2.31. The smallest absolute Gasteiger partial charge is 0.236 e. The van der Waals surface area contributed by atoms with Gasteiger partial charge in [0.15, 0.2) is 0 Å². The average molecular weight is 319 g/mol. The van der Waals surface area contributed by atoms with Crippen molar-refractivity contribution in [3.8, 4) is 0 Å². The van der Waals surface area contributed by atoms with Gasteiger partial charge in [-0.05, 0) is 31.9 Å². The number of hydrogen-bond acceptors (Lipinski definition) is 2. The number of nitrogens with two attached hydrogens (primary N) is 1. The summed E-state index contributed by atoms with van der Waals surface area (Å²) in [6.45, 7) is 1.81. The molecule has 1 fully saturated rings. The highest BCUT2D eigenvalue weighted by Gasteiger charge is 2.40. The van der Waals surface area contributed by atoms with Gasteiger partial charge < -0.3 is 11.1 Å². The predicted molar refractivity (Wildman–Crippen MR) is 80.4 cm³/mol. The Morgan fingerprint density at radius 3 is 2.33 bits per heavy atom. The van der Waals surface area contributed by atoms with Crippen LogP contribution >= 0.6 is 12.4 Å². The predicted octanol–water partition coefficient (Wildman–Crippen LogP) is 2.66. The minimum atomic E-state index is -0.653. The van der Waals surface area contributed by atoms with E-state index < -0.39 is 23.1 Å². The minimum absolute atomic E-state index is 0. The van der Waals surface area contributed by atoms with Gasteiger partial charge in [0.1, 0.15) is 11.6 Å². The molecule has 0 aromatic heterocycles. The molecule has 0 bridgehead atoms. The van der Waals surface area contributed by atoms with Gasteiger partial charge in [0.2, 0.25) is 5.91 Å². The molecule has 1 aromatic rings. The maximum atomic E-state index is 14.1. The number of nitrogens with one attached hydrogen (secondary N) is 1. The van der Waals surface area contributed by atoms with Crippen LogP contribution in [0.15, 0.2) is 18.2 Å². The zero-order valence-electron chi connectivity index (χ0n) is 12.0. The Morgan fingerprint density at radius 1 is 1.33 bits per heavy atom. The van der Waals surface area contributed by atoms with Crippen LogP contribution in [0.2, 0.25) is 0 Å². The van der Waals surface area contributed by atoms with E-state index >= 15 is 0 Å². The van der Waals surface area contributed by atoms with E-state index in [9.17, 15) is 13.6 Å². The largest absolute Gasteiger partial charge is 0.354 e. The lowest BCUT2D eigenvalue weighted by molar-refractivity contribution is -0.122. The van der Waals surface area contributed by atoms with Crippen LogP contribution in [0.4, 0.5) is 8.78 Å². The Balaban J connectivity index is 0.00000220. The van der Waals surface area contributed by atoms with Crippen LogP contribution in [0, 0.1) is 11.6 Å². The highest BCUT2D eigenvalue weighted by molar-refractivity contribution is 5.85. The van der Waals surface area contributed by atoms with Crippen molar-refractivity contribution in [2.45, 2.75) is 44.1 Å². The van der Waals surface area contributed by atoms with Crippen molar-refractivity contribution in [3.05, 3.63) is 35.4 Å². The third-order valence-corrected chi connectivity index (χ3v) is 4.07. The van der Waals surface area contributed by atoms with E-state index in [0.717, 1.165) is 12.8 Å². The Morgan fingerprint density at radius 2 is 1.86 bits per heavy atom. The van der Waals surface area contributed by atoms with Crippen LogP contribution in [0.25, 0.3) is 0 Å². The van der Waals surface area contributed by atoms with Gasteiger partial charge >= 0.3 is 0 Å². The fourth-order valence-corrected chi connectivity index (χ4v) is 2.99. The molecule has 0 aliphatic heterocycles. The number of rotatable bonds is 4. The van der Waals surface area contributed by atoms with Crippen LogP contribution < -0.4 is 11.1 Å². The third-order valence-electron chi connectivity index (χ3n) is 4.07. The molecular formula is C15H21ClF2N2O. The average Bonchev–Trinajstić information content (AvgIpc) is 2.85. The van der Waals surface area contributed by atoms with E-state index in [1.807, 2.05) is 0 Å². The topological polar surface area (TPSA) is 55.1 Å². The SMILES string of the molecule is C[C@@H](N)C(=O)NCC1(c2c(F)cccc2F)CCCC1.Cl. The van der Waals surface area contributed by atoms with Crippen LogP contribution in [-0.4, -0.2) is 18.5 Å². The van der Waals surface area contributed by atoms with Crippen LogP contribution in [-0.2, 0) is 10.2 Å². The molecule has 3 nitrogen and oxygen atoms in total. The molecule has 0 saturated heterocycles. The fraction of sp³-hybridized carbons (Fsp3) is 0.533. The van der Waals surface area contributed by atoms with Crippen molar-refractivity contribution in [2.24, 2.45) is 5.73 Å². The zero-order valence-corrected chi connectivity index (χ0v) is 12.8. The molecule has 21 heavy (non-hydrogen) atoms. The Labute approximate surface area is 129 Å². The van der Waals surface area contributed by atoms with Gasteiger partial charge in [-0.2, -0.15) is 0 Å². The summed E-state index contributed by atoms with van der Waals surface area (Å²) < 4.78 is 28.1. The van der Waals surface area contributed by atoms with Crippen molar-refractivity contribution < 1.29 is 13.6 Å². The summed E-state index contributed by atoms with van der Waals surface area (Å²) in [5.74, 6) is -1.38. The third kappa shape index (κ3) is 3.71. The second-order valence-corrected chi connectivity index (χ2v) is 5.59. The Bertz CT molecular complexity index is 482. The number of halogens is 3. The highest BCUT2D eigenvalue weighted by atomic mass is 35.5. The molecule has 1 aliphatic carbocycles.